The summed E-state index contributed by atoms with van der Waals surface area (Å²) in [7, 11) is 0. The van der Waals surface area contributed by atoms with Crippen molar-refractivity contribution in [1.82, 2.24) is 15.5 Å². The third-order valence-electron chi connectivity index (χ3n) is 4.72. The monoisotopic (exact) mass is 431 g/mol. The number of aliphatic hydroxyl groups is 2. The molecule has 13 nitrogen and oxygen atoms in total. The molecule has 5 unspecified atom stereocenters. The number of hydrogen-bond acceptors (Lipinski definition) is 8. The Kier molecular flexibility index (Phi) is 9.62. The predicted molar refractivity (Wildman–Crippen MR) is 101 cm³/mol. The fraction of sp³-hybridized carbons (Fsp3) is 0.706. The Morgan fingerprint density at radius 1 is 1.20 bits per heavy atom. The molecule has 13 heteroatoms. The molecule has 0 saturated carbocycles. The minimum Gasteiger partial charge on any atom is -0.480 e. The minimum atomic E-state index is -1.52. The molecule has 1 saturated heterocycles. The van der Waals surface area contributed by atoms with Crippen molar-refractivity contribution in [3.63, 3.8) is 0 Å². The molecule has 0 aromatic rings. The second-order valence-corrected chi connectivity index (χ2v) is 7.11. The van der Waals surface area contributed by atoms with E-state index in [-0.39, 0.29) is 25.8 Å². The lowest BCUT2D eigenvalue weighted by Crippen LogP contribution is -2.59. The van der Waals surface area contributed by atoms with Crippen LogP contribution in [0.1, 0.15) is 32.6 Å². The van der Waals surface area contributed by atoms with Crippen LogP contribution in [0.2, 0.25) is 0 Å². The molecule has 0 spiro atoms. The summed E-state index contributed by atoms with van der Waals surface area (Å²) in [6, 6.07) is -5.08. The number of carbonyl (C=O) groups excluding carboxylic acids is 4. The van der Waals surface area contributed by atoms with Crippen LogP contribution in [-0.2, 0) is 24.0 Å². The summed E-state index contributed by atoms with van der Waals surface area (Å²) in [5, 5.41) is 32.5. The number of likely N-dealkylation sites (tertiary alicyclic amines) is 1. The quantitative estimate of drug-likeness (QED) is 0.169. The van der Waals surface area contributed by atoms with E-state index in [1.54, 1.807) is 0 Å². The van der Waals surface area contributed by atoms with Gasteiger partial charge in [0.15, 0.2) is 0 Å². The van der Waals surface area contributed by atoms with Crippen molar-refractivity contribution in [2.75, 3.05) is 13.2 Å². The van der Waals surface area contributed by atoms with E-state index in [0.29, 0.717) is 6.42 Å². The molecule has 30 heavy (non-hydrogen) atoms. The van der Waals surface area contributed by atoms with Gasteiger partial charge in [-0.15, -0.1) is 0 Å². The maximum atomic E-state index is 12.9. The van der Waals surface area contributed by atoms with Crippen LogP contribution in [-0.4, -0.2) is 93.2 Å². The van der Waals surface area contributed by atoms with Crippen molar-refractivity contribution in [2.24, 2.45) is 11.5 Å². The van der Waals surface area contributed by atoms with Crippen molar-refractivity contribution in [3.05, 3.63) is 0 Å². The van der Waals surface area contributed by atoms with E-state index in [2.05, 4.69) is 10.6 Å². The van der Waals surface area contributed by atoms with Gasteiger partial charge in [-0.2, -0.15) is 0 Å². The Hall–Kier alpha value is -2.77. The lowest BCUT2D eigenvalue weighted by Gasteiger charge is -2.31. The minimum absolute atomic E-state index is 0.0473. The number of rotatable bonds is 11. The molecule has 9 N–H and O–H groups in total. The third-order valence-corrected chi connectivity index (χ3v) is 4.72. The Morgan fingerprint density at radius 2 is 1.83 bits per heavy atom. The van der Waals surface area contributed by atoms with E-state index in [0.717, 1.165) is 4.90 Å². The molecule has 1 aliphatic heterocycles. The normalized spacial score (nSPS) is 20.0. The highest BCUT2D eigenvalue weighted by Gasteiger charge is 2.40. The van der Waals surface area contributed by atoms with Crippen LogP contribution in [0.15, 0.2) is 0 Å². The van der Waals surface area contributed by atoms with Gasteiger partial charge in [-0.05, 0) is 26.2 Å². The highest BCUT2D eigenvalue weighted by Crippen LogP contribution is 2.19. The van der Waals surface area contributed by atoms with Crippen molar-refractivity contribution < 1.29 is 39.3 Å². The van der Waals surface area contributed by atoms with E-state index in [1.807, 2.05) is 0 Å². The lowest BCUT2D eigenvalue weighted by molar-refractivity contribution is -0.146. The summed E-state index contributed by atoms with van der Waals surface area (Å²) in [6.45, 7) is 0.604. The van der Waals surface area contributed by atoms with E-state index in [4.69, 9.17) is 21.7 Å². The maximum Gasteiger partial charge on any atom is 0.328 e. The number of carboxylic acids is 1. The second kappa shape index (κ2) is 11.4. The zero-order chi connectivity index (χ0) is 23.0. The van der Waals surface area contributed by atoms with Crippen LogP contribution < -0.4 is 22.1 Å². The molecular formula is C17H29N5O8. The summed E-state index contributed by atoms with van der Waals surface area (Å²) in [4.78, 5) is 60.5. The molecule has 5 atom stereocenters. The number of hydrogen-bond donors (Lipinski definition) is 7. The van der Waals surface area contributed by atoms with Gasteiger partial charge in [-0.3, -0.25) is 19.2 Å². The molecule has 0 radical (unpaired) electrons. The first-order valence-electron chi connectivity index (χ1n) is 9.46. The highest BCUT2D eigenvalue weighted by molar-refractivity contribution is 5.94. The maximum absolute atomic E-state index is 12.9. The van der Waals surface area contributed by atoms with Crippen LogP contribution in [0.25, 0.3) is 0 Å². The Bertz CT molecular complexity index is 671. The molecule has 1 aliphatic rings. The Morgan fingerprint density at radius 3 is 2.33 bits per heavy atom. The van der Waals surface area contributed by atoms with Gasteiger partial charge in [0.2, 0.25) is 23.6 Å². The number of aliphatic carboxylic acids is 1. The largest absolute Gasteiger partial charge is 0.480 e. The molecular weight excluding hydrogens is 402 g/mol. The highest BCUT2D eigenvalue weighted by atomic mass is 16.4. The van der Waals surface area contributed by atoms with Crippen LogP contribution in [0, 0.1) is 0 Å². The van der Waals surface area contributed by atoms with Crippen molar-refractivity contribution in [1.29, 1.82) is 0 Å². The summed E-state index contributed by atoms with van der Waals surface area (Å²) in [6.07, 6.45) is -0.814. The van der Waals surface area contributed by atoms with E-state index >= 15 is 0 Å². The third kappa shape index (κ3) is 6.93. The van der Waals surface area contributed by atoms with E-state index < -0.39 is 66.5 Å². The zero-order valence-corrected chi connectivity index (χ0v) is 16.6. The Labute approximate surface area is 172 Å². The van der Waals surface area contributed by atoms with Gasteiger partial charge in [-0.25, -0.2) is 4.79 Å². The number of nitrogens with one attached hydrogen (secondary N) is 2. The smallest absolute Gasteiger partial charge is 0.328 e. The lowest BCUT2D eigenvalue weighted by atomic mass is 10.1. The van der Waals surface area contributed by atoms with Crippen LogP contribution >= 0.6 is 0 Å². The van der Waals surface area contributed by atoms with Gasteiger partial charge >= 0.3 is 5.97 Å². The van der Waals surface area contributed by atoms with Gasteiger partial charge in [0, 0.05) is 13.0 Å². The van der Waals surface area contributed by atoms with Crippen molar-refractivity contribution in [2.45, 2.75) is 62.9 Å². The van der Waals surface area contributed by atoms with Gasteiger partial charge < -0.3 is 42.3 Å². The number of carbonyl (C=O) groups is 5. The van der Waals surface area contributed by atoms with Crippen molar-refractivity contribution >= 4 is 29.6 Å². The predicted octanol–water partition coefficient (Wildman–Crippen LogP) is -4.00. The fourth-order valence-corrected chi connectivity index (χ4v) is 3.01. The molecule has 4 amide bonds. The number of aliphatic hydroxyl groups excluding tert-OH is 2. The SMILES string of the molecule is CC(O)C(NC(=O)C(N)CCC(N)=O)C(=O)N1CCCC1C(=O)NC(CO)C(=O)O. The summed E-state index contributed by atoms with van der Waals surface area (Å²) in [5.74, 6) is -4.36. The fourth-order valence-electron chi connectivity index (χ4n) is 3.01. The first kappa shape index (κ1) is 25.3. The van der Waals surface area contributed by atoms with Gasteiger partial charge in [0.05, 0.1) is 18.8 Å². The van der Waals surface area contributed by atoms with E-state index in [1.165, 1.54) is 6.92 Å². The Balaban J connectivity index is 2.86. The van der Waals surface area contributed by atoms with Gasteiger partial charge in [-0.1, -0.05) is 0 Å². The summed E-state index contributed by atoms with van der Waals surface area (Å²) < 4.78 is 0. The molecule has 0 aromatic carbocycles. The number of primary amides is 1. The van der Waals surface area contributed by atoms with E-state index in [9.17, 15) is 29.1 Å². The van der Waals surface area contributed by atoms with Crippen LogP contribution in [0.5, 0.6) is 0 Å². The molecule has 0 bridgehead atoms. The average molecular weight is 431 g/mol. The van der Waals surface area contributed by atoms with Crippen LogP contribution in [0.3, 0.4) is 0 Å². The molecule has 0 aromatic heterocycles. The van der Waals surface area contributed by atoms with Gasteiger partial charge in [0.25, 0.3) is 0 Å². The van der Waals surface area contributed by atoms with Crippen LogP contribution in [0.4, 0.5) is 0 Å². The first-order chi connectivity index (χ1) is 14.0. The standard InChI is InChI=1S/C17H29N5O8/c1-8(24)13(21-14(26)9(18)4-5-12(19)25)16(28)22-6-2-3-11(22)15(27)20-10(7-23)17(29)30/h8-11,13,23-24H,2-7,18H2,1H3,(H2,19,25)(H,20,27)(H,21,26)(H,29,30). The molecule has 1 heterocycles. The summed E-state index contributed by atoms with van der Waals surface area (Å²) in [5.41, 5.74) is 10.7. The molecule has 0 aliphatic carbocycles. The first-order valence-corrected chi connectivity index (χ1v) is 9.46. The topological polar surface area (TPSA) is 225 Å². The van der Waals surface area contributed by atoms with Crippen molar-refractivity contribution in [3.8, 4) is 0 Å². The summed E-state index contributed by atoms with van der Waals surface area (Å²) >= 11 is 0. The zero-order valence-electron chi connectivity index (χ0n) is 16.6. The molecule has 1 rings (SSSR count). The molecule has 1 fully saturated rings. The molecule has 170 valence electrons. The second-order valence-electron chi connectivity index (χ2n) is 7.11. The number of carboxylic acid groups (broad SMARTS) is 1. The van der Waals surface area contributed by atoms with Gasteiger partial charge in [0.1, 0.15) is 18.1 Å². The average Bonchev–Trinajstić information content (AvgIpc) is 3.16. The number of nitrogens with two attached hydrogens (primary N) is 2. The number of amides is 4. The number of nitrogens with zero attached hydrogens (tertiary/aromatic N) is 1.